The Morgan fingerprint density at radius 3 is 2.95 bits per heavy atom. The molecule has 1 aromatic heterocycles. The predicted molar refractivity (Wildman–Crippen MR) is 86.0 cm³/mol. The van der Waals surface area contributed by atoms with Gasteiger partial charge in [-0.3, -0.25) is 4.68 Å². The van der Waals surface area contributed by atoms with Gasteiger partial charge in [0.25, 0.3) is 0 Å². The summed E-state index contributed by atoms with van der Waals surface area (Å²) in [6.07, 6.45) is 3.20. The van der Waals surface area contributed by atoms with Gasteiger partial charge >= 0.3 is 0 Å². The Hall–Kier alpha value is -1.26. The molecule has 1 heterocycles. The van der Waals surface area contributed by atoms with E-state index in [2.05, 4.69) is 65.5 Å². The zero-order valence-electron chi connectivity index (χ0n) is 12.5. The maximum Gasteiger partial charge on any atom is 0.0727 e. The Labute approximate surface area is 125 Å². The van der Waals surface area contributed by atoms with Gasteiger partial charge in [0, 0.05) is 29.4 Å². The molecule has 1 unspecified atom stereocenters. The van der Waals surface area contributed by atoms with Gasteiger partial charge in [-0.05, 0) is 44.2 Å². The van der Waals surface area contributed by atoms with Gasteiger partial charge in [-0.15, -0.1) is 11.8 Å². The van der Waals surface area contributed by atoms with Crippen molar-refractivity contribution in [3.8, 4) is 0 Å². The first-order valence-corrected chi connectivity index (χ1v) is 8.12. The Morgan fingerprint density at radius 2 is 2.20 bits per heavy atom. The molecule has 1 atom stereocenters. The van der Waals surface area contributed by atoms with Crippen molar-refractivity contribution in [2.45, 2.75) is 43.5 Å². The van der Waals surface area contributed by atoms with Crippen molar-refractivity contribution in [3.05, 3.63) is 47.8 Å². The van der Waals surface area contributed by atoms with Gasteiger partial charge in [-0.25, -0.2) is 0 Å². The van der Waals surface area contributed by atoms with Gasteiger partial charge in [0.2, 0.25) is 0 Å². The first-order valence-electron chi connectivity index (χ1n) is 7.13. The zero-order valence-corrected chi connectivity index (χ0v) is 13.3. The average molecular weight is 289 g/mol. The molecule has 0 aliphatic rings. The first-order chi connectivity index (χ1) is 9.72. The smallest absolute Gasteiger partial charge is 0.0727 e. The fourth-order valence-electron chi connectivity index (χ4n) is 1.99. The molecule has 0 bridgehead atoms. The SMILES string of the molecule is CCC(C)n1ccc(CSc2cccc(CNC)c2)n1. The van der Waals surface area contributed by atoms with Crippen LogP contribution in [0.1, 0.15) is 37.6 Å². The van der Waals surface area contributed by atoms with E-state index in [1.54, 1.807) is 0 Å². The van der Waals surface area contributed by atoms with E-state index in [0.29, 0.717) is 6.04 Å². The normalized spacial score (nSPS) is 12.6. The first kappa shape index (κ1) is 15.1. The molecule has 0 spiro atoms. The van der Waals surface area contributed by atoms with E-state index in [9.17, 15) is 0 Å². The highest BCUT2D eigenvalue weighted by Gasteiger charge is 2.05. The Bertz CT molecular complexity index is 536. The number of hydrogen-bond acceptors (Lipinski definition) is 3. The van der Waals surface area contributed by atoms with Crippen LogP contribution in [0.15, 0.2) is 41.4 Å². The van der Waals surface area contributed by atoms with Crippen molar-refractivity contribution in [2.75, 3.05) is 7.05 Å². The summed E-state index contributed by atoms with van der Waals surface area (Å²) < 4.78 is 2.06. The summed E-state index contributed by atoms with van der Waals surface area (Å²) in [4.78, 5) is 1.30. The molecule has 1 aromatic carbocycles. The van der Waals surface area contributed by atoms with E-state index < -0.39 is 0 Å². The lowest BCUT2D eigenvalue weighted by atomic mass is 10.2. The van der Waals surface area contributed by atoms with Crippen molar-refractivity contribution >= 4 is 11.8 Å². The third-order valence-electron chi connectivity index (χ3n) is 3.37. The fourth-order valence-corrected chi connectivity index (χ4v) is 2.87. The van der Waals surface area contributed by atoms with Gasteiger partial charge in [-0.2, -0.15) is 5.10 Å². The third kappa shape index (κ3) is 4.12. The highest BCUT2D eigenvalue weighted by atomic mass is 32.2. The number of rotatable bonds is 7. The fraction of sp³-hybridized carbons (Fsp3) is 0.438. The van der Waals surface area contributed by atoms with Crippen LogP contribution in [-0.2, 0) is 12.3 Å². The second kappa shape index (κ2) is 7.50. The lowest BCUT2D eigenvalue weighted by Crippen LogP contribution is -2.05. The van der Waals surface area contributed by atoms with Crippen molar-refractivity contribution in [1.82, 2.24) is 15.1 Å². The van der Waals surface area contributed by atoms with Gasteiger partial charge < -0.3 is 5.32 Å². The number of aromatic nitrogens is 2. The topological polar surface area (TPSA) is 29.9 Å². The molecule has 0 aliphatic carbocycles. The zero-order chi connectivity index (χ0) is 14.4. The molecule has 20 heavy (non-hydrogen) atoms. The van der Waals surface area contributed by atoms with Crippen LogP contribution < -0.4 is 5.32 Å². The quantitative estimate of drug-likeness (QED) is 0.785. The minimum atomic E-state index is 0.479. The summed E-state index contributed by atoms with van der Waals surface area (Å²) in [5.41, 5.74) is 2.47. The maximum absolute atomic E-state index is 4.64. The standard InChI is InChI=1S/C16H23N3S/c1-4-13(2)19-9-8-15(18-19)12-20-16-7-5-6-14(10-16)11-17-3/h5-10,13,17H,4,11-12H2,1-3H3. The lowest BCUT2D eigenvalue weighted by molar-refractivity contribution is 0.475. The summed E-state index contributed by atoms with van der Waals surface area (Å²) >= 11 is 1.84. The van der Waals surface area contributed by atoms with Crippen LogP contribution in [0, 0.1) is 0 Å². The molecule has 0 aliphatic heterocycles. The van der Waals surface area contributed by atoms with Crippen molar-refractivity contribution < 1.29 is 0 Å². The molecule has 0 amide bonds. The molecule has 0 radical (unpaired) electrons. The van der Waals surface area contributed by atoms with E-state index in [0.717, 1.165) is 24.4 Å². The second-order valence-electron chi connectivity index (χ2n) is 5.01. The van der Waals surface area contributed by atoms with Crippen LogP contribution in [0.3, 0.4) is 0 Å². The van der Waals surface area contributed by atoms with Crippen LogP contribution in [0.2, 0.25) is 0 Å². The molecule has 1 N–H and O–H groups in total. The van der Waals surface area contributed by atoms with E-state index in [1.165, 1.54) is 10.5 Å². The molecule has 2 aromatic rings. The van der Waals surface area contributed by atoms with Crippen LogP contribution in [0.5, 0.6) is 0 Å². The Kier molecular flexibility index (Phi) is 5.68. The van der Waals surface area contributed by atoms with Crippen LogP contribution in [-0.4, -0.2) is 16.8 Å². The van der Waals surface area contributed by atoms with Gasteiger partial charge in [0.1, 0.15) is 0 Å². The molecule has 0 saturated carbocycles. The minimum absolute atomic E-state index is 0.479. The lowest BCUT2D eigenvalue weighted by Gasteiger charge is -2.08. The number of thioether (sulfide) groups is 1. The third-order valence-corrected chi connectivity index (χ3v) is 4.40. The minimum Gasteiger partial charge on any atom is -0.316 e. The molecular weight excluding hydrogens is 266 g/mol. The molecule has 108 valence electrons. The predicted octanol–water partition coefficient (Wildman–Crippen LogP) is 3.87. The van der Waals surface area contributed by atoms with E-state index in [-0.39, 0.29) is 0 Å². The average Bonchev–Trinajstić information content (AvgIpc) is 2.94. The monoisotopic (exact) mass is 289 g/mol. The molecular formula is C16H23N3S. The molecule has 0 saturated heterocycles. The number of benzene rings is 1. The second-order valence-corrected chi connectivity index (χ2v) is 6.06. The number of hydrogen-bond donors (Lipinski definition) is 1. The maximum atomic E-state index is 4.64. The summed E-state index contributed by atoms with van der Waals surface area (Å²) in [6.45, 7) is 5.30. The molecule has 2 rings (SSSR count). The molecule has 4 heteroatoms. The van der Waals surface area contributed by atoms with E-state index in [4.69, 9.17) is 0 Å². The summed E-state index contributed by atoms with van der Waals surface area (Å²) in [5, 5.41) is 7.82. The largest absolute Gasteiger partial charge is 0.316 e. The van der Waals surface area contributed by atoms with Gasteiger partial charge in [0.05, 0.1) is 5.69 Å². The summed E-state index contributed by atoms with van der Waals surface area (Å²) in [6, 6.07) is 11.3. The Morgan fingerprint density at radius 1 is 1.35 bits per heavy atom. The summed E-state index contributed by atoms with van der Waals surface area (Å²) in [7, 11) is 1.97. The van der Waals surface area contributed by atoms with E-state index >= 15 is 0 Å². The summed E-state index contributed by atoms with van der Waals surface area (Å²) in [5.74, 6) is 0.923. The van der Waals surface area contributed by atoms with Crippen LogP contribution in [0.4, 0.5) is 0 Å². The molecule has 3 nitrogen and oxygen atoms in total. The number of nitrogens with one attached hydrogen (secondary N) is 1. The highest BCUT2D eigenvalue weighted by molar-refractivity contribution is 7.98. The van der Waals surface area contributed by atoms with Crippen LogP contribution in [0.25, 0.3) is 0 Å². The van der Waals surface area contributed by atoms with E-state index in [1.807, 2.05) is 18.8 Å². The Balaban J connectivity index is 1.94. The molecule has 0 fully saturated rings. The van der Waals surface area contributed by atoms with Gasteiger partial charge in [-0.1, -0.05) is 19.1 Å². The van der Waals surface area contributed by atoms with Gasteiger partial charge in [0.15, 0.2) is 0 Å². The number of nitrogens with zero attached hydrogens (tertiary/aromatic N) is 2. The van der Waals surface area contributed by atoms with Crippen LogP contribution >= 0.6 is 11.8 Å². The van der Waals surface area contributed by atoms with Crippen molar-refractivity contribution in [1.29, 1.82) is 0 Å². The van der Waals surface area contributed by atoms with Crippen molar-refractivity contribution in [2.24, 2.45) is 0 Å². The van der Waals surface area contributed by atoms with Crippen molar-refractivity contribution in [3.63, 3.8) is 0 Å². The highest BCUT2D eigenvalue weighted by Crippen LogP contribution is 2.23.